The third kappa shape index (κ3) is 4.18. The van der Waals surface area contributed by atoms with Crippen molar-refractivity contribution in [1.82, 2.24) is 9.97 Å². The quantitative estimate of drug-likeness (QED) is 0.546. The fraction of sp³-hybridized carbons (Fsp3) is 0.200. The number of nitriles is 1. The number of nitrogens with zero attached hydrogens (tertiary/aromatic N) is 3. The minimum atomic E-state index is -0.606. The maximum Gasteiger partial charge on any atom is 0.255 e. The molecular formula is C15H15IN6O3. The Morgan fingerprint density at radius 3 is 2.64 bits per heavy atom. The smallest absolute Gasteiger partial charge is 0.255 e. The molecule has 2 aromatic rings. The lowest BCUT2D eigenvalue weighted by molar-refractivity contribution is -0.119. The number of carbonyl (C=O) groups is 1. The average molecular weight is 454 g/mol. The van der Waals surface area contributed by atoms with E-state index in [1.807, 2.05) is 28.7 Å². The molecule has 130 valence electrons. The molecule has 1 heterocycles. The molecule has 10 heteroatoms. The Bertz CT molecular complexity index is 865. The number of aromatic nitrogens is 2. The number of ether oxygens (including phenoxy) is 2. The lowest BCUT2D eigenvalue weighted by atomic mass is 10.1. The Morgan fingerprint density at radius 1 is 1.32 bits per heavy atom. The molecular weight excluding hydrogens is 439 g/mol. The predicted octanol–water partition coefficient (Wildman–Crippen LogP) is 1.05. The molecule has 0 fully saturated rings. The van der Waals surface area contributed by atoms with Gasteiger partial charge >= 0.3 is 0 Å². The molecule has 0 radical (unpaired) electrons. The van der Waals surface area contributed by atoms with Crippen LogP contribution in [0.4, 0.5) is 11.8 Å². The van der Waals surface area contributed by atoms with Crippen LogP contribution in [0.5, 0.6) is 11.5 Å². The van der Waals surface area contributed by atoms with E-state index < -0.39 is 5.91 Å². The van der Waals surface area contributed by atoms with Crippen LogP contribution in [0.3, 0.4) is 0 Å². The molecule has 2 rings (SSSR count). The third-order valence-electron chi connectivity index (χ3n) is 3.01. The van der Waals surface area contributed by atoms with Crippen LogP contribution in [0, 0.1) is 14.9 Å². The highest BCUT2D eigenvalue weighted by atomic mass is 127. The molecule has 0 saturated carbocycles. The van der Waals surface area contributed by atoms with Gasteiger partial charge in [-0.25, -0.2) is 4.98 Å². The van der Waals surface area contributed by atoms with E-state index in [1.165, 1.54) is 0 Å². The number of anilines is 2. The Balaban J connectivity index is 2.61. The first kappa shape index (κ1) is 18.5. The number of benzene rings is 1. The lowest BCUT2D eigenvalue weighted by Gasteiger charge is -2.15. The molecule has 0 unspecified atom stereocenters. The number of carbonyl (C=O) groups excluding carboxylic acids is 1. The van der Waals surface area contributed by atoms with E-state index in [2.05, 4.69) is 9.97 Å². The van der Waals surface area contributed by atoms with Crippen molar-refractivity contribution in [2.75, 3.05) is 24.7 Å². The number of halogens is 1. The van der Waals surface area contributed by atoms with E-state index in [-0.39, 0.29) is 29.6 Å². The number of nitrogens with two attached hydrogens (primary N) is 3. The maximum absolute atomic E-state index is 11.0. The highest BCUT2D eigenvalue weighted by Crippen LogP contribution is 2.38. The van der Waals surface area contributed by atoms with Gasteiger partial charge in [0.05, 0.1) is 15.9 Å². The molecule has 0 saturated heterocycles. The molecule has 0 aliphatic rings. The van der Waals surface area contributed by atoms with Crippen molar-refractivity contribution in [2.24, 2.45) is 5.73 Å². The number of amides is 1. The minimum absolute atomic E-state index is 0.00739. The van der Waals surface area contributed by atoms with E-state index in [9.17, 15) is 10.1 Å². The van der Waals surface area contributed by atoms with Crippen LogP contribution in [0.1, 0.15) is 12.5 Å². The summed E-state index contributed by atoms with van der Waals surface area (Å²) in [6.07, 6.45) is 0. The third-order valence-corrected chi connectivity index (χ3v) is 3.81. The molecule has 9 nitrogen and oxygen atoms in total. The first-order valence-electron chi connectivity index (χ1n) is 7.08. The highest BCUT2D eigenvalue weighted by Gasteiger charge is 2.19. The van der Waals surface area contributed by atoms with Gasteiger partial charge < -0.3 is 26.7 Å². The molecule has 25 heavy (non-hydrogen) atoms. The molecule has 6 N–H and O–H groups in total. The zero-order valence-electron chi connectivity index (χ0n) is 13.2. The topological polar surface area (TPSA) is 163 Å². The van der Waals surface area contributed by atoms with Crippen LogP contribution in [0.25, 0.3) is 11.3 Å². The van der Waals surface area contributed by atoms with Crippen molar-refractivity contribution in [3.8, 4) is 28.8 Å². The first-order chi connectivity index (χ1) is 11.9. The van der Waals surface area contributed by atoms with Crippen molar-refractivity contribution in [2.45, 2.75) is 6.92 Å². The van der Waals surface area contributed by atoms with Crippen LogP contribution in [0.2, 0.25) is 0 Å². The summed E-state index contributed by atoms with van der Waals surface area (Å²) in [6.45, 7) is 1.89. The van der Waals surface area contributed by atoms with E-state index in [0.29, 0.717) is 27.2 Å². The van der Waals surface area contributed by atoms with Gasteiger partial charge in [0, 0.05) is 5.56 Å². The Hall–Kier alpha value is -2.81. The van der Waals surface area contributed by atoms with Crippen molar-refractivity contribution < 1.29 is 14.3 Å². The fourth-order valence-electron chi connectivity index (χ4n) is 2.07. The molecule has 1 amide bonds. The minimum Gasteiger partial charge on any atom is -0.490 e. The summed E-state index contributed by atoms with van der Waals surface area (Å²) in [7, 11) is 0. The zero-order valence-corrected chi connectivity index (χ0v) is 15.4. The summed E-state index contributed by atoms with van der Waals surface area (Å²) >= 11 is 2.02. The second kappa shape index (κ2) is 7.84. The van der Waals surface area contributed by atoms with Gasteiger partial charge in [0.15, 0.2) is 18.1 Å². The molecule has 0 aliphatic carbocycles. The molecule has 0 aliphatic heterocycles. The summed E-state index contributed by atoms with van der Waals surface area (Å²) in [6, 6.07) is 5.31. The van der Waals surface area contributed by atoms with Crippen LogP contribution in [-0.4, -0.2) is 29.1 Å². The van der Waals surface area contributed by atoms with Crippen LogP contribution >= 0.6 is 22.6 Å². The second-order valence-electron chi connectivity index (χ2n) is 4.78. The summed E-state index contributed by atoms with van der Waals surface area (Å²) < 4.78 is 11.6. The lowest BCUT2D eigenvalue weighted by Crippen LogP contribution is -2.20. The van der Waals surface area contributed by atoms with Crippen molar-refractivity contribution >= 4 is 40.3 Å². The summed E-state index contributed by atoms with van der Waals surface area (Å²) in [5, 5.41) is 9.33. The molecule has 1 aromatic carbocycles. The van der Waals surface area contributed by atoms with Gasteiger partial charge in [0.25, 0.3) is 5.91 Å². The van der Waals surface area contributed by atoms with Crippen LogP contribution in [-0.2, 0) is 4.79 Å². The highest BCUT2D eigenvalue weighted by molar-refractivity contribution is 14.1. The fourth-order valence-corrected chi connectivity index (χ4v) is 2.82. The predicted molar refractivity (Wildman–Crippen MR) is 99.6 cm³/mol. The number of hydrogen-bond donors (Lipinski definition) is 3. The molecule has 0 atom stereocenters. The number of nitrogen functional groups attached to an aromatic ring is 2. The van der Waals surface area contributed by atoms with Crippen LogP contribution in [0.15, 0.2) is 12.1 Å². The Morgan fingerprint density at radius 2 is 2.04 bits per heavy atom. The SMILES string of the molecule is CCOc1cc(-c2nc(N)nc(N)c2C#N)cc(I)c1OCC(N)=O. The first-order valence-corrected chi connectivity index (χ1v) is 8.16. The zero-order chi connectivity index (χ0) is 18.6. The molecule has 0 bridgehead atoms. The van der Waals surface area contributed by atoms with E-state index in [0.717, 1.165) is 0 Å². The Kier molecular flexibility index (Phi) is 5.81. The number of primary amides is 1. The molecule has 1 aromatic heterocycles. The summed E-state index contributed by atoms with van der Waals surface area (Å²) in [5.41, 5.74) is 17.5. The maximum atomic E-state index is 11.0. The number of hydrogen-bond acceptors (Lipinski definition) is 8. The van der Waals surface area contributed by atoms with Gasteiger partial charge in [-0.2, -0.15) is 10.2 Å². The average Bonchev–Trinajstić information content (AvgIpc) is 2.53. The monoisotopic (exact) mass is 454 g/mol. The second-order valence-corrected chi connectivity index (χ2v) is 5.94. The van der Waals surface area contributed by atoms with Crippen LogP contribution < -0.4 is 26.7 Å². The van der Waals surface area contributed by atoms with E-state index >= 15 is 0 Å². The van der Waals surface area contributed by atoms with Gasteiger partial charge in [-0.1, -0.05) is 0 Å². The van der Waals surface area contributed by atoms with Gasteiger partial charge in [-0.05, 0) is 41.6 Å². The largest absolute Gasteiger partial charge is 0.490 e. The molecule has 0 spiro atoms. The van der Waals surface area contributed by atoms with E-state index in [1.54, 1.807) is 19.1 Å². The van der Waals surface area contributed by atoms with Crippen molar-refractivity contribution in [1.29, 1.82) is 5.26 Å². The Labute approximate surface area is 157 Å². The normalized spacial score (nSPS) is 10.1. The van der Waals surface area contributed by atoms with Crippen molar-refractivity contribution in [3.63, 3.8) is 0 Å². The van der Waals surface area contributed by atoms with Crippen molar-refractivity contribution in [3.05, 3.63) is 21.3 Å². The van der Waals surface area contributed by atoms with E-state index in [4.69, 9.17) is 26.7 Å². The number of rotatable bonds is 6. The van der Waals surface area contributed by atoms with Gasteiger partial charge in [-0.15, -0.1) is 0 Å². The standard InChI is InChI=1S/C15H15IN6O3/c1-2-24-10-4-7(3-9(16)13(10)25-6-11(18)23)12-8(5-17)14(19)22-15(20)21-12/h3-4H,2,6H2,1H3,(H2,18,23)(H4,19,20,21,22). The summed E-state index contributed by atoms with van der Waals surface area (Å²) in [5.74, 6) is 0.0924. The van der Waals surface area contributed by atoms with Gasteiger partial charge in [-0.3, -0.25) is 4.79 Å². The van der Waals surface area contributed by atoms with Gasteiger partial charge in [0.1, 0.15) is 17.5 Å². The summed E-state index contributed by atoms with van der Waals surface area (Å²) in [4.78, 5) is 18.9. The van der Waals surface area contributed by atoms with Gasteiger partial charge in [0.2, 0.25) is 5.95 Å².